The molecule has 29 heavy (non-hydrogen) atoms. The number of carbonyl (C=O) groups is 1. The van der Waals surface area contributed by atoms with Crippen LogP contribution in [0.3, 0.4) is 0 Å². The minimum absolute atomic E-state index is 0.0461. The molecule has 0 saturated carbocycles. The molecular formula is C23H33N3O2S. The van der Waals surface area contributed by atoms with E-state index in [9.17, 15) is 9.59 Å². The Labute approximate surface area is 178 Å². The molecule has 1 aromatic heterocycles. The Morgan fingerprint density at radius 2 is 1.72 bits per heavy atom. The molecule has 6 heteroatoms. The standard InChI is InChI=1S/C23H33N3O2S/c1-8-26(9-2)20(27)15-29-22-24-16(3)19(21(28)25(22)7)14-17-10-12-18(13-11-17)23(4,5)6/h10-13H,8-9,14-15H2,1-7H3. The largest absolute Gasteiger partial charge is 0.343 e. The first-order chi connectivity index (χ1) is 13.6. The molecule has 0 radical (unpaired) electrons. The van der Waals surface area contributed by atoms with Crippen molar-refractivity contribution in [2.45, 2.75) is 58.5 Å². The molecule has 0 saturated heterocycles. The van der Waals surface area contributed by atoms with Crippen molar-refractivity contribution >= 4 is 17.7 Å². The molecule has 0 aliphatic carbocycles. The third kappa shape index (κ3) is 5.72. The lowest BCUT2D eigenvalue weighted by atomic mass is 9.86. The number of aryl methyl sites for hydroxylation is 1. The molecule has 0 atom stereocenters. The van der Waals surface area contributed by atoms with E-state index in [2.05, 4.69) is 50.0 Å². The summed E-state index contributed by atoms with van der Waals surface area (Å²) >= 11 is 1.32. The summed E-state index contributed by atoms with van der Waals surface area (Å²) in [7, 11) is 1.73. The first kappa shape index (κ1) is 23.2. The van der Waals surface area contributed by atoms with Crippen LogP contribution >= 0.6 is 11.8 Å². The van der Waals surface area contributed by atoms with Crippen LogP contribution in [-0.4, -0.2) is 39.2 Å². The predicted octanol–water partition coefficient (Wildman–Crippen LogP) is 3.94. The SMILES string of the molecule is CCN(CC)C(=O)CSc1nc(C)c(Cc2ccc(C(C)(C)C)cc2)c(=O)n1C. The smallest absolute Gasteiger partial charge is 0.257 e. The molecule has 1 aromatic carbocycles. The third-order valence-corrected chi connectivity index (χ3v) is 6.21. The molecule has 2 aromatic rings. The van der Waals surface area contributed by atoms with Crippen LogP contribution in [0.15, 0.2) is 34.2 Å². The Morgan fingerprint density at radius 1 is 1.14 bits per heavy atom. The molecule has 1 heterocycles. The van der Waals surface area contributed by atoms with Gasteiger partial charge in [-0.2, -0.15) is 0 Å². The summed E-state index contributed by atoms with van der Waals surface area (Å²) in [6, 6.07) is 8.44. The van der Waals surface area contributed by atoms with E-state index >= 15 is 0 Å². The fourth-order valence-corrected chi connectivity index (χ4v) is 4.10. The van der Waals surface area contributed by atoms with E-state index in [4.69, 9.17) is 0 Å². The van der Waals surface area contributed by atoms with Gasteiger partial charge in [0, 0.05) is 37.8 Å². The molecule has 1 amide bonds. The van der Waals surface area contributed by atoms with Crippen LogP contribution in [0.4, 0.5) is 0 Å². The Kier molecular flexibility index (Phi) is 7.69. The van der Waals surface area contributed by atoms with Crippen LogP contribution < -0.4 is 5.56 Å². The Balaban J connectivity index is 2.20. The van der Waals surface area contributed by atoms with Crippen LogP contribution in [-0.2, 0) is 23.7 Å². The molecule has 0 bridgehead atoms. The molecule has 0 N–H and O–H groups in total. The van der Waals surface area contributed by atoms with E-state index in [1.54, 1.807) is 16.5 Å². The molecule has 158 valence electrons. The van der Waals surface area contributed by atoms with Crippen LogP contribution in [0, 0.1) is 6.92 Å². The minimum Gasteiger partial charge on any atom is -0.343 e. The van der Waals surface area contributed by atoms with E-state index in [-0.39, 0.29) is 22.6 Å². The van der Waals surface area contributed by atoms with Crippen LogP contribution in [0.5, 0.6) is 0 Å². The van der Waals surface area contributed by atoms with Crippen molar-refractivity contribution in [1.82, 2.24) is 14.5 Å². The Bertz CT molecular complexity index is 907. The number of nitrogens with zero attached hydrogens (tertiary/aromatic N) is 3. The van der Waals surface area contributed by atoms with Gasteiger partial charge in [-0.05, 0) is 37.3 Å². The normalized spacial score (nSPS) is 11.6. The van der Waals surface area contributed by atoms with Gasteiger partial charge in [-0.25, -0.2) is 4.98 Å². The highest BCUT2D eigenvalue weighted by Crippen LogP contribution is 2.23. The minimum atomic E-state index is -0.0461. The lowest BCUT2D eigenvalue weighted by Gasteiger charge is -2.19. The highest BCUT2D eigenvalue weighted by atomic mass is 32.2. The fourth-order valence-electron chi connectivity index (χ4n) is 3.18. The summed E-state index contributed by atoms with van der Waals surface area (Å²) in [4.78, 5) is 31.6. The summed E-state index contributed by atoms with van der Waals surface area (Å²) < 4.78 is 1.56. The van der Waals surface area contributed by atoms with Gasteiger partial charge in [-0.3, -0.25) is 14.2 Å². The highest BCUT2D eigenvalue weighted by Gasteiger charge is 2.17. The van der Waals surface area contributed by atoms with Crippen LogP contribution in [0.1, 0.15) is 57.0 Å². The van der Waals surface area contributed by atoms with Gasteiger partial charge in [0.1, 0.15) is 0 Å². The number of benzene rings is 1. The number of rotatable bonds is 7. The molecule has 0 fully saturated rings. The molecule has 5 nitrogen and oxygen atoms in total. The summed E-state index contributed by atoms with van der Waals surface area (Å²) in [5.74, 6) is 0.351. The van der Waals surface area contributed by atoms with Crippen LogP contribution in [0.25, 0.3) is 0 Å². The average molecular weight is 416 g/mol. The van der Waals surface area contributed by atoms with Crippen molar-refractivity contribution in [2.24, 2.45) is 7.05 Å². The van der Waals surface area contributed by atoms with Gasteiger partial charge in [0.25, 0.3) is 5.56 Å². The van der Waals surface area contributed by atoms with Gasteiger partial charge in [-0.15, -0.1) is 0 Å². The first-order valence-electron chi connectivity index (χ1n) is 10.1. The van der Waals surface area contributed by atoms with E-state index in [0.29, 0.717) is 30.2 Å². The van der Waals surface area contributed by atoms with Gasteiger partial charge in [0.15, 0.2) is 5.16 Å². The maximum Gasteiger partial charge on any atom is 0.257 e. The number of hydrogen-bond donors (Lipinski definition) is 0. The summed E-state index contributed by atoms with van der Waals surface area (Å²) in [6.45, 7) is 13.7. The van der Waals surface area contributed by atoms with Gasteiger partial charge >= 0.3 is 0 Å². The monoisotopic (exact) mass is 415 g/mol. The van der Waals surface area contributed by atoms with Crippen molar-refractivity contribution in [2.75, 3.05) is 18.8 Å². The molecule has 0 aliphatic heterocycles. The second-order valence-corrected chi connectivity index (χ2v) is 9.24. The van der Waals surface area contributed by atoms with E-state index in [1.807, 2.05) is 20.8 Å². The van der Waals surface area contributed by atoms with Gasteiger partial charge in [0.2, 0.25) is 5.91 Å². The molecule has 0 unspecified atom stereocenters. The van der Waals surface area contributed by atoms with Gasteiger partial charge in [0.05, 0.1) is 5.75 Å². The molecule has 2 rings (SSSR count). The molecule has 0 spiro atoms. The first-order valence-corrected chi connectivity index (χ1v) is 11.1. The van der Waals surface area contributed by atoms with Crippen molar-refractivity contribution < 1.29 is 4.79 Å². The van der Waals surface area contributed by atoms with Crippen molar-refractivity contribution in [1.29, 1.82) is 0 Å². The zero-order chi connectivity index (χ0) is 21.8. The summed E-state index contributed by atoms with van der Waals surface area (Å²) in [6.07, 6.45) is 0.555. The second-order valence-electron chi connectivity index (χ2n) is 8.30. The number of hydrogen-bond acceptors (Lipinski definition) is 4. The lowest BCUT2D eigenvalue weighted by Crippen LogP contribution is -2.32. The molecular weight excluding hydrogens is 382 g/mol. The van der Waals surface area contributed by atoms with E-state index < -0.39 is 0 Å². The van der Waals surface area contributed by atoms with Crippen molar-refractivity contribution in [3.8, 4) is 0 Å². The van der Waals surface area contributed by atoms with Crippen LogP contribution in [0.2, 0.25) is 0 Å². The number of aromatic nitrogens is 2. The quantitative estimate of drug-likeness (QED) is 0.508. The zero-order valence-corrected chi connectivity index (χ0v) is 19.5. The van der Waals surface area contributed by atoms with E-state index in [1.165, 1.54) is 17.3 Å². The third-order valence-electron chi connectivity index (χ3n) is 5.19. The summed E-state index contributed by atoms with van der Waals surface area (Å²) in [5, 5.41) is 0.583. The zero-order valence-electron chi connectivity index (χ0n) is 18.7. The Hall–Kier alpha value is -2.08. The highest BCUT2D eigenvalue weighted by molar-refractivity contribution is 7.99. The van der Waals surface area contributed by atoms with Crippen molar-refractivity contribution in [3.05, 3.63) is 57.0 Å². The average Bonchev–Trinajstić information content (AvgIpc) is 2.67. The fraction of sp³-hybridized carbons (Fsp3) is 0.522. The number of amides is 1. The maximum atomic E-state index is 12.9. The van der Waals surface area contributed by atoms with Crippen molar-refractivity contribution in [3.63, 3.8) is 0 Å². The van der Waals surface area contributed by atoms with Gasteiger partial charge < -0.3 is 4.90 Å². The topological polar surface area (TPSA) is 55.2 Å². The summed E-state index contributed by atoms with van der Waals surface area (Å²) in [5.41, 5.74) is 3.86. The second kappa shape index (κ2) is 9.61. The lowest BCUT2D eigenvalue weighted by molar-refractivity contribution is -0.127. The maximum absolute atomic E-state index is 12.9. The number of carbonyl (C=O) groups excluding carboxylic acids is 1. The Morgan fingerprint density at radius 3 is 2.24 bits per heavy atom. The van der Waals surface area contributed by atoms with E-state index in [0.717, 1.165) is 11.3 Å². The van der Waals surface area contributed by atoms with Gasteiger partial charge in [-0.1, -0.05) is 56.8 Å². The number of thioether (sulfide) groups is 1. The molecule has 0 aliphatic rings. The predicted molar refractivity (Wildman–Crippen MR) is 121 cm³/mol.